The molecule has 0 aliphatic heterocycles. The number of nitrogens with zero attached hydrogens (tertiary/aromatic N) is 1. The fraction of sp³-hybridized carbons (Fsp3) is 0.800. The predicted octanol–water partition coefficient (Wildman–Crippen LogP) is 1.04. The summed E-state index contributed by atoms with van der Waals surface area (Å²) in [5.74, 6) is -0.891. The maximum atomic E-state index is 11.7. The van der Waals surface area contributed by atoms with Crippen LogP contribution in [0, 0.1) is 0 Å². The summed E-state index contributed by atoms with van der Waals surface area (Å²) in [5.41, 5.74) is 0. The summed E-state index contributed by atoms with van der Waals surface area (Å²) in [5, 5.41) is 11.2. The molecule has 0 radical (unpaired) electrons. The van der Waals surface area contributed by atoms with E-state index < -0.39 is 5.97 Å². The Labute approximate surface area is 89.4 Å². The van der Waals surface area contributed by atoms with Gasteiger partial charge in [0.2, 0.25) is 0 Å². The minimum atomic E-state index is -0.891. The van der Waals surface area contributed by atoms with Crippen LogP contribution in [0.15, 0.2) is 0 Å². The molecule has 0 heterocycles. The van der Waals surface area contributed by atoms with E-state index in [1.807, 2.05) is 6.92 Å². The molecule has 5 nitrogen and oxygen atoms in total. The molecule has 1 saturated carbocycles. The Balaban J connectivity index is 2.35. The second kappa shape index (κ2) is 5.00. The molecule has 5 heteroatoms. The van der Waals surface area contributed by atoms with Crippen LogP contribution in [0.3, 0.4) is 0 Å². The van der Waals surface area contributed by atoms with E-state index in [1.165, 1.54) is 0 Å². The first kappa shape index (κ1) is 11.8. The van der Waals surface area contributed by atoms with Crippen LogP contribution in [-0.2, 0) is 4.79 Å². The molecule has 1 aliphatic rings. The number of nitrogens with one attached hydrogen (secondary N) is 1. The van der Waals surface area contributed by atoms with Crippen molar-refractivity contribution in [3.63, 3.8) is 0 Å². The molecule has 1 unspecified atom stereocenters. The lowest BCUT2D eigenvalue weighted by molar-refractivity contribution is -0.137. The van der Waals surface area contributed by atoms with E-state index in [1.54, 1.807) is 11.8 Å². The number of hydrogen-bond donors (Lipinski definition) is 2. The number of aliphatic carboxylic acids is 1. The van der Waals surface area contributed by atoms with Gasteiger partial charge in [-0.15, -0.1) is 0 Å². The topological polar surface area (TPSA) is 69.6 Å². The standard InChI is InChI=1S/C10H18N2O3/c1-3-12(8-4-5-8)10(15)11-7(2)6-9(13)14/h7-8H,3-6H2,1-2H3,(H,11,15)(H,13,14). The molecule has 86 valence electrons. The number of carboxylic acids is 1. The van der Waals surface area contributed by atoms with Crippen LogP contribution < -0.4 is 5.32 Å². The molecule has 0 saturated heterocycles. The van der Waals surface area contributed by atoms with Gasteiger partial charge in [0.25, 0.3) is 0 Å². The Morgan fingerprint density at radius 3 is 2.53 bits per heavy atom. The van der Waals surface area contributed by atoms with Gasteiger partial charge in [-0.3, -0.25) is 4.79 Å². The van der Waals surface area contributed by atoms with Crippen molar-refractivity contribution >= 4 is 12.0 Å². The van der Waals surface area contributed by atoms with Gasteiger partial charge in [0, 0.05) is 18.6 Å². The second-order valence-electron chi connectivity index (χ2n) is 3.97. The quantitative estimate of drug-likeness (QED) is 0.718. The van der Waals surface area contributed by atoms with Crippen LogP contribution in [-0.4, -0.2) is 40.6 Å². The third kappa shape index (κ3) is 3.77. The molecule has 0 aromatic heterocycles. The number of hydrogen-bond acceptors (Lipinski definition) is 2. The minimum Gasteiger partial charge on any atom is -0.481 e. The van der Waals surface area contributed by atoms with Gasteiger partial charge in [-0.1, -0.05) is 0 Å². The summed E-state index contributed by atoms with van der Waals surface area (Å²) in [6, 6.07) is -0.0939. The highest BCUT2D eigenvalue weighted by Crippen LogP contribution is 2.26. The second-order valence-corrected chi connectivity index (χ2v) is 3.97. The van der Waals surface area contributed by atoms with E-state index in [4.69, 9.17) is 5.11 Å². The highest BCUT2D eigenvalue weighted by Gasteiger charge is 2.31. The van der Waals surface area contributed by atoms with Gasteiger partial charge >= 0.3 is 12.0 Å². The zero-order valence-corrected chi connectivity index (χ0v) is 9.19. The van der Waals surface area contributed by atoms with Gasteiger partial charge in [-0.25, -0.2) is 4.79 Å². The lowest BCUT2D eigenvalue weighted by atomic mass is 10.2. The van der Waals surface area contributed by atoms with Gasteiger partial charge in [-0.05, 0) is 26.7 Å². The fourth-order valence-electron chi connectivity index (χ4n) is 1.56. The molecular weight excluding hydrogens is 196 g/mol. The summed E-state index contributed by atoms with van der Waals surface area (Å²) < 4.78 is 0. The lowest BCUT2D eigenvalue weighted by Crippen LogP contribution is -2.45. The molecular formula is C10H18N2O3. The molecule has 2 N–H and O–H groups in total. The van der Waals surface area contributed by atoms with Gasteiger partial charge in [0.05, 0.1) is 6.42 Å². The Bertz CT molecular complexity index is 251. The SMILES string of the molecule is CCN(C(=O)NC(C)CC(=O)O)C1CC1. The van der Waals surface area contributed by atoms with Crippen molar-refractivity contribution in [2.45, 2.75) is 45.2 Å². The summed E-state index contributed by atoms with van der Waals surface area (Å²) in [6.45, 7) is 4.31. The van der Waals surface area contributed by atoms with E-state index in [0.29, 0.717) is 12.6 Å². The van der Waals surface area contributed by atoms with Crippen LogP contribution in [0.5, 0.6) is 0 Å². The van der Waals surface area contributed by atoms with Crippen molar-refractivity contribution in [3.05, 3.63) is 0 Å². The third-order valence-corrected chi connectivity index (χ3v) is 2.44. The van der Waals surface area contributed by atoms with Crippen LogP contribution in [0.1, 0.15) is 33.1 Å². The highest BCUT2D eigenvalue weighted by atomic mass is 16.4. The third-order valence-electron chi connectivity index (χ3n) is 2.44. The van der Waals surface area contributed by atoms with Crippen LogP contribution in [0.2, 0.25) is 0 Å². The molecule has 15 heavy (non-hydrogen) atoms. The van der Waals surface area contributed by atoms with E-state index in [9.17, 15) is 9.59 Å². The van der Waals surface area contributed by atoms with E-state index in [-0.39, 0.29) is 18.5 Å². The maximum Gasteiger partial charge on any atom is 0.317 e. The monoisotopic (exact) mass is 214 g/mol. The number of amides is 2. The molecule has 0 aromatic carbocycles. The maximum absolute atomic E-state index is 11.7. The fourth-order valence-corrected chi connectivity index (χ4v) is 1.56. The van der Waals surface area contributed by atoms with Crippen LogP contribution >= 0.6 is 0 Å². The Morgan fingerprint density at radius 2 is 2.13 bits per heavy atom. The van der Waals surface area contributed by atoms with E-state index >= 15 is 0 Å². The first-order valence-corrected chi connectivity index (χ1v) is 5.33. The smallest absolute Gasteiger partial charge is 0.317 e. The number of carbonyl (C=O) groups excluding carboxylic acids is 1. The Hall–Kier alpha value is -1.26. The van der Waals surface area contributed by atoms with Gasteiger partial charge in [0.1, 0.15) is 0 Å². The molecule has 1 atom stereocenters. The van der Waals surface area contributed by atoms with Crippen molar-refractivity contribution in [1.82, 2.24) is 10.2 Å². The summed E-state index contributed by atoms with van der Waals surface area (Å²) in [4.78, 5) is 23.8. The van der Waals surface area contributed by atoms with Crippen molar-refractivity contribution in [2.75, 3.05) is 6.54 Å². The molecule has 1 fully saturated rings. The average molecular weight is 214 g/mol. The highest BCUT2D eigenvalue weighted by molar-refractivity contribution is 5.76. The van der Waals surface area contributed by atoms with E-state index in [0.717, 1.165) is 12.8 Å². The van der Waals surface area contributed by atoms with Crippen molar-refractivity contribution in [3.8, 4) is 0 Å². The first-order valence-electron chi connectivity index (χ1n) is 5.33. The Kier molecular flexibility index (Phi) is 3.94. The van der Waals surface area contributed by atoms with E-state index in [2.05, 4.69) is 5.32 Å². The molecule has 1 rings (SSSR count). The predicted molar refractivity (Wildman–Crippen MR) is 55.6 cm³/mol. The summed E-state index contributed by atoms with van der Waals surface area (Å²) in [7, 11) is 0. The zero-order valence-electron chi connectivity index (χ0n) is 9.19. The van der Waals surface area contributed by atoms with Crippen molar-refractivity contribution in [2.24, 2.45) is 0 Å². The number of carboxylic acid groups (broad SMARTS) is 1. The molecule has 2 amide bonds. The largest absolute Gasteiger partial charge is 0.481 e. The number of urea groups is 1. The van der Waals surface area contributed by atoms with Gasteiger partial charge in [-0.2, -0.15) is 0 Å². The molecule has 1 aliphatic carbocycles. The number of carbonyl (C=O) groups is 2. The molecule has 0 aromatic rings. The minimum absolute atomic E-state index is 0.0338. The summed E-state index contributed by atoms with van der Waals surface area (Å²) in [6.07, 6.45) is 2.09. The van der Waals surface area contributed by atoms with Crippen molar-refractivity contribution < 1.29 is 14.7 Å². The summed E-state index contributed by atoms with van der Waals surface area (Å²) >= 11 is 0. The van der Waals surface area contributed by atoms with Crippen LogP contribution in [0.25, 0.3) is 0 Å². The average Bonchev–Trinajstić information content (AvgIpc) is 2.87. The lowest BCUT2D eigenvalue weighted by Gasteiger charge is -2.23. The van der Waals surface area contributed by atoms with Gasteiger partial charge in [0.15, 0.2) is 0 Å². The van der Waals surface area contributed by atoms with Crippen molar-refractivity contribution in [1.29, 1.82) is 0 Å². The Morgan fingerprint density at radius 1 is 1.53 bits per heavy atom. The molecule has 0 bridgehead atoms. The first-order chi connectivity index (χ1) is 7.04. The zero-order chi connectivity index (χ0) is 11.4. The molecule has 0 spiro atoms. The number of rotatable bonds is 5. The van der Waals surface area contributed by atoms with Crippen LogP contribution in [0.4, 0.5) is 4.79 Å². The van der Waals surface area contributed by atoms with Gasteiger partial charge < -0.3 is 15.3 Å². The normalized spacial score (nSPS) is 16.9.